The molecule has 110 valence electrons. The van der Waals surface area contributed by atoms with E-state index in [0.29, 0.717) is 12.3 Å². The molecule has 0 aromatic carbocycles. The van der Waals surface area contributed by atoms with E-state index in [4.69, 9.17) is 5.11 Å². The molecular weight excluding hydrogens is 242 g/mol. The van der Waals surface area contributed by atoms with Gasteiger partial charge in [0.2, 0.25) is 5.91 Å². The third kappa shape index (κ3) is 4.22. The first-order valence-electron chi connectivity index (χ1n) is 7.45. The van der Waals surface area contributed by atoms with E-state index >= 15 is 0 Å². The molecule has 0 radical (unpaired) electrons. The number of carboxylic acid groups (broad SMARTS) is 1. The molecule has 1 aliphatic carbocycles. The van der Waals surface area contributed by atoms with Gasteiger partial charge in [0.25, 0.3) is 0 Å². The van der Waals surface area contributed by atoms with Crippen LogP contribution in [0.4, 0.5) is 0 Å². The molecule has 1 fully saturated rings. The summed E-state index contributed by atoms with van der Waals surface area (Å²) < 4.78 is 0. The van der Waals surface area contributed by atoms with Gasteiger partial charge in [0, 0.05) is 5.41 Å². The Balaban J connectivity index is 2.74. The van der Waals surface area contributed by atoms with Crippen LogP contribution in [0, 0.1) is 11.3 Å². The van der Waals surface area contributed by atoms with Crippen LogP contribution in [0.2, 0.25) is 0 Å². The molecule has 1 amide bonds. The van der Waals surface area contributed by atoms with Crippen molar-refractivity contribution >= 4 is 11.9 Å². The number of carboxylic acids is 1. The third-order valence-electron chi connectivity index (χ3n) is 4.02. The Morgan fingerprint density at radius 3 is 2.26 bits per heavy atom. The summed E-state index contributed by atoms with van der Waals surface area (Å²) in [5, 5.41) is 11.9. The minimum atomic E-state index is -0.923. The zero-order valence-corrected chi connectivity index (χ0v) is 12.4. The number of hydrogen-bond donors (Lipinski definition) is 2. The van der Waals surface area contributed by atoms with E-state index in [1.807, 2.05) is 6.92 Å². The van der Waals surface area contributed by atoms with E-state index in [0.717, 1.165) is 38.5 Å². The molecule has 1 aliphatic rings. The smallest absolute Gasteiger partial charge is 0.326 e. The quantitative estimate of drug-likeness (QED) is 0.746. The summed E-state index contributed by atoms with van der Waals surface area (Å²) in [5.41, 5.74) is -0.324. The van der Waals surface area contributed by atoms with Crippen molar-refractivity contribution in [3.05, 3.63) is 0 Å². The number of hydrogen-bond acceptors (Lipinski definition) is 2. The van der Waals surface area contributed by atoms with Crippen LogP contribution in [0.15, 0.2) is 0 Å². The van der Waals surface area contributed by atoms with Crippen LogP contribution in [0.1, 0.15) is 65.7 Å². The maximum Gasteiger partial charge on any atom is 0.326 e. The predicted octanol–water partition coefficient (Wildman–Crippen LogP) is 2.96. The molecule has 4 heteroatoms. The highest BCUT2D eigenvalue weighted by Gasteiger charge is 2.42. The van der Waals surface area contributed by atoms with Crippen molar-refractivity contribution in [3.8, 4) is 0 Å². The highest BCUT2D eigenvalue weighted by atomic mass is 16.4. The van der Waals surface area contributed by atoms with Gasteiger partial charge in [-0.3, -0.25) is 4.79 Å². The summed E-state index contributed by atoms with van der Waals surface area (Å²) in [5.74, 6) is -0.509. The van der Waals surface area contributed by atoms with Gasteiger partial charge in [0.05, 0.1) is 0 Å². The summed E-state index contributed by atoms with van der Waals surface area (Å²) >= 11 is 0. The second-order valence-electron chi connectivity index (χ2n) is 6.24. The highest BCUT2D eigenvalue weighted by Crippen LogP contribution is 2.43. The Hall–Kier alpha value is -1.06. The standard InChI is InChI=1S/C15H27NO3/c1-4-7-12(13(17)18)16-14(19)15(10-11(2)3)8-5-6-9-15/h11-12H,4-10H2,1-3H3,(H,16,19)(H,17,18)/t12-/m1/s1. The zero-order chi connectivity index (χ0) is 14.5. The maximum absolute atomic E-state index is 12.5. The molecule has 4 nitrogen and oxygen atoms in total. The molecule has 0 unspecified atom stereocenters. The summed E-state index contributed by atoms with van der Waals surface area (Å²) in [6, 6.07) is -0.734. The number of aliphatic carboxylic acids is 1. The first-order chi connectivity index (χ1) is 8.91. The molecule has 0 aliphatic heterocycles. The molecule has 1 atom stereocenters. The van der Waals surface area contributed by atoms with Crippen molar-refractivity contribution < 1.29 is 14.7 Å². The maximum atomic E-state index is 12.5. The largest absolute Gasteiger partial charge is 0.480 e. The Morgan fingerprint density at radius 2 is 1.84 bits per heavy atom. The van der Waals surface area contributed by atoms with Gasteiger partial charge in [0.1, 0.15) is 6.04 Å². The molecule has 1 rings (SSSR count). The summed E-state index contributed by atoms with van der Waals surface area (Å²) in [4.78, 5) is 23.7. The zero-order valence-electron chi connectivity index (χ0n) is 12.4. The van der Waals surface area contributed by atoms with Crippen LogP contribution < -0.4 is 5.32 Å². The topological polar surface area (TPSA) is 66.4 Å². The normalized spacial score (nSPS) is 19.4. The fourth-order valence-electron chi connectivity index (χ4n) is 3.21. The lowest BCUT2D eigenvalue weighted by Crippen LogP contribution is -2.48. The van der Waals surface area contributed by atoms with Crippen molar-refractivity contribution in [3.63, 3.8) is 0 Å². The summed E-state index contributed by atoms with van der Waals surface area (Å²) in [7, 11) is 0. The predicted molar refractivity (Wildman–Crippen MR) is 74.8 cm³/mol. The van der Waals surface area contributed by atoms with Crippen LogP contribution in [0.5, 0.6) is 0 Å². The van der Waals surface area contributed by atoms with Gasteiger partial charge >= 0.3 is 5.97 Å². The molecule has 19 heavy (non-hydrogen) atoms. The lowest BCUT2D eigenvalue weighted by atomic mass is 9.77. The monoisotopic (exact) mass is 269 g/mol. The molecule has 0 aromatic heterocycles. The lowest BCUT2D eigenvalue weighted by molar-refractivity contribution is -0.144. The van der Waals surface area contributed by atoms with Crippen LogP contribution in [0.3, 0.4) is 0 Å². The molecule has 0 bridgehead atoms. The highest BCUT2D eigenvalue weighted by molar-refractivity contribution is 5.87. The van der Waals surface area contributed by atoms with Crippen molar-refractivity contribution in [2.45, 2.75) is 71.8 Å². The first kappa shape index (κ1) is 16.0. The van der Waals surface area contributed by atoms with E-state index in [1.54, 1.807) is 0 Å². The molecule has 0 heterocycles. The van der Waals surface area contributed by atoms with Gasteiger partial charge in [-0.1, -0.05) is 40.0 Å². The third-order valence-corrected chi connectivity index (χ3v) is 4.02. The van der Waals surface area contributed by atoms with Gasteiger partial charge in [-0.15, -0.1) is 0 Å². The van der Waals surface area contributed by atoms with Crippen LogP contribution in [0.25, 0.3) is 0 Å². The van der Waals surface area contributed by atoms with Gasteiger partial charge in [0.15, 0.2) is 0 Å². The molecule has 0 saturated heterocycles. The lowest BCUT2D eigenvalue weighted by Gasteiger charge is -2.31. The summed E-state index contributed by atoms with van der Waals surface area (Å²) in [6.07, 6.45) is 6.06. The second-order valence-corrected chi connectivity index (χ2v) is 6.24. The Bertz CT molecular complexity index is 319. The van der Waals surface area contributed by atoms with E-state index in [-0.39, 0.29) is 11.3 Å². The molecule has 1 saturated carbocycles. The molecule has 2 N–H and O–H groups in total. The van der Waals surface area contributed by atoms with E-state index in [2.05, 4.69) is 19.2 Å². The molecule has 0 aromatic rings. The number of rotatable bonds is 7. The minimum absolute atomic E-state index is 0.0421. The average Bonchev–Trinajstić information content (AvgIpc) is 2.77. The first-order valence-corrected chi connectivity index (χ1v) is 7.45. The SMILES string of the molecule is CCC[C@@H](NC(=O)C1(CC(C)C)CCCC1)C(=O)O. The fourth-order valence-corrected chi connectivity index (χ4v) is 3.21. The van der Waals surface area contributed by atoms with E-state index in [9.17, 15) is 9.59 Å². The minimum Gasteiger partial charge on any atom is -0.480 e. The Labute approximate surface area is 116 Å². The van der Waals surface area contributed by atoms with Crippen LogP contribution >= 0.6 is 0 Å². The molecular formula is C15H27NO3. The van der Waals surface area contributed by atoms with E-state index < -0.39 is 12.0 Å². The van der Waals surface area contributed by atoms with Gasteiger partial charge in [-0.2, -0.15) is 0 Å². The number of amides is 1. The van der Waals surface area contributed by atoms with E-state index in [1.165, 1.54) is 0 Å². The van der Waals surface area contributed by atoms with Crippen molar-refractivity contribution in [2.75, 3.05) is 0 Å². The van der Waals surface area contributed by atoms with Crippen molar-refractivity contribution in [1.29, 1.82) is 0 Å². The van der Waals surface area contributed by atoms with Crippen molar-refractivity contribution in [2.24, 2.45) is 11.3 Å². The molecule has 0 spiro atoms. The van der Waals surface area contributed by atoms with Crippen molar-refractivity contribution in [1.82, 2.24) is 5.32 Å². The summed E-state index contributed by atoms with van der Waals surface area (Å²) in [6.45, 7) is 6.17. The van der Waals surface area contributed by atoms with Gasteiger partial charge in [-0.25, -0.2) is 4.79 Å². The van der Waals surface area contributed by atoms with Crippen LogP contribution in [-0.2, 0) is 9.59 Å². The Kier molecular flexibility index (Phi) is 5.83. The second kappa shape index (κ2) is 6.92. The number of carbonyl (C=O) groups excluding carboxylic acids is 1. The van der Waals surface area contributed by atoms with Gasteiger partial charge in [-0.05, 0) is 31.6 Å². The Morgan fingerprint density at radius 1 is 1.26 bits per heavy atom. The van der Waals surface area contributed by atoms with Gasteiger partial charge < -0.3 is 10.4 Å². The number of nitrogens with one attached hydrogen (secondary N) is 1. The average molecular weight is 269 g/mol. The number of carbonyl (C=O) groups is 2. The van der Waals surface area contributed by atoms with Crippen LogP contribution in [-0.4, -0.2) is 23.0 Å². The fraction of sp³-hybridized carbons (Fsp3) is 0.867.